The van der Waals surface area contributed by atoms with Crippen LogP contribution in [-0.4, -0.2) is 53.2 Å². The highest BCUT2D eigenvalue weighted by Gasteiger charge is 2.43. The molecule has 1 aliphatic heterocycles. The van der Waals surface area contributed by atoms with Gasteiger partial charge in [0.1, 0.15) is 11.3 Å². The number of hydrogen-bond donors (Lipinski definition) is 2. The molecule has 3 aliphatic rings. The van der Waals surface area contributed by atoms with Gasteiger partial charge in [-0.1, -0.05) is 12.8 Å². The molecule has 2 fully saturated rings. The second kappa shape index (κ2) is 9.30. The number of benzene rings is 1. The normalized spacial score (nSPS) is 24.5. The van der Waals surface area contributed by atoms with E-state index in [2.05, 4.69) is 5.32 Å². The number of nitrogens with zero attached hydrogens (tertiary/aromatic N) is 1. The molecule has 3 atom stereocenters. The minimum absolute atomic E-state index is 0.101. The fraction of sp³-hybridized carbons (Fsp3) is 0.593. The summed E-state index contributed by atoms with van der Waals surface area (Å²) < 4.78 is 11.6. The summed E-state index contributed by atoms with van der Waals surface area (Å²) in [5, 5.41) is 14.3. The third-order valence-corrected chi connectivity index (χ3v) is 8.05. The van der Waals surface area contributed by atoms with Crippen LogP contribution < -0.4 is 15.7 Å². The van der Waals surface area contributed by atoms with Crippen molar-refractivity contribution in [3.63, 3.8) is 0 Å². The maximum Gasteiger partial charge on any atom is 0.339 e. The highest BCUT2D eigenvalue weighted by molar-refractivity contribution is 5.90. The molecule has 5 rings (SSSR count). The molecule has 1 aromatic heterocycles. The first-order chi connectivity index (χ1) is 16.7. The van der Waals surface area contributed by atoms with Crippen LogP contribution in [0.25, 0.3) is 11.0 Å². The second-order valence-corrected chi connectivity index (χ2v) is 10.5. The molecule has 3 unspecified atom stereocenters. The number of nitrogens with one attached hydrogen (secondary N) is 1. The first kappa shape index (κ1) is 23.9. The molecule has 2 aliphatic carbocycles. The van der Waals surface area contributed by atoms with Crippen molar-refractivity contribution in [2.75, 3.05) is 19.6 Å². The number of piperidine rings is 1. The summed E-state index contributed by atoms with van der Waals surface area (Å²) in [5.41, 5.74) is 2.04. The summed E-state index contributed by atoms with van der Waals surface area (Å²) in [6.07, 6.45) is 5.99. The zero-order chi connectivity index (χ0) is 24.7. The number of fused-ring (bicyclic) bond motifs is 4. The Morgan fingerprint density at radius 3 is 2.86 bits per heavy atom. The molecule has 188 valence electrons. The van der Waals surface area contributed by atoms with E-state index in [-0.39, 0.29) is 29.9 Å². The number of aliphatic hydroxyl groups is 1. The highest BCUT2D eigenvalue weighted by atomic mass is 16.5. The standard InChI is InChI=1S/C27H34N2O6/c1-16-12-21(24-19-7-5-8-20(19)26(32)35-22(24)13-16)34-17(2)25(31)28-14-23(30)29-11-10-27(33)9-4-3-6-18(27)15-29/h12-13,17-18,33H,3-11,14-15H2,1-2H3,(H,28,31). The zero-order valence-corrected chi connectivity index (χ0v) is 20.5. The summed E-state index contributed by atoms with van der Waals surface area (Å²) >= 11 is 0. The molecule has 0 radical (unpaired) electrons. The SMILES string of the molecule is Cc1cc(OC(C)C(=O)NCC(=O)N2CCC3(O)CCCCC3C2)c2c3c(c(=O)oc2c1)CCC3. The quantitative estimate of drug-likeness (QED) is 0.634. The molecule has 1 saturated carbocycles. The van der Waals surface area contributed by atoms with Crippen molar-refractivity contribution < 1.29 is 23.8 Å². The van der Waals surface area contributed by atoms with Gasteiger partial charge in [0, 0.05) is 24.6 Å². The molecular weight excluding hydrogens is 448 g/mol. The lowest BCUT2D eigenvalue weighted by molar-refractivity contribution is -0.144. The Hall–Kier alpha value is -2.87. The Kier molecular flexibility index (Phi) is 6.34. The first-order valence-corrected chi connectivity index (χ1v) is 12.8. The molecule has 2 heterocycles. The van der Waals surface area contributed by atoms with Crippen molar-refractivity contribution >= 4 is 22.8 Å². The number of ether oxygens (including phenoxy) is 1. The smallest absolute Gasteiger partial charge is 0.339 e. The van der Waals surface area contributed by atoms with Gasteiger partial charge in [0.25, 0.3) is 5.91 Å². The van der Waals surface area contributed by atoms with Crippen molar-refractivity contribution in [1.82, 2.24) is 10.2 Å². The van der Waals surface area contributed by atoms with Gasteiger partial charge in [0.2, 0.25) is 5.91 Å². The molecule has 2 amide bonds. The Balaban J connectivity index is 1.24. The van der Waals surface area contributed by atoms with Crippen LogP contribution in [-0.2, 0) is 22.4 Å². The fourth-order valence-electron chi connectivity index (χ4n) is 6.06. The van der Waals surface area contributed by atoms with Crippen LogP contribution in [0.1, 0.15) is 62.1 Å². The number of carbonyl (C=O) groups is 2. The average Bonchev–Trinajstić information content (AvgIpc) is 3.32. The zero-order valence-electron chi connectivity index (χ0n) is 20.5. The molecule has 35 heavy (non-hydrogen) atoms. The largest absolute Gasteiger partial charge is 0.480 e. The van der Waals surface area contributed by atoms with Crippen molar-refractivity contribution in [3.05, 3.63) is 39.2 Å². The molecule has 1 aromatic carbocycles. The molecular formula is C27H34N2O6. The molecule has 2 aromatic rings. The van der Waals surface area contributed by atoms with Gasteiger partial charge in [-0.3, -0.25) is 9.59 Å². The Morgan fingerprint density at radius 1 is 1.23 bits per heavy atom. The number of rotatable bonds is 5. The summed E-state index contributed by atoms with van der Waals surface area (Å²) in [7, 11) is 0. The summed E-state index contributed by atoms with van der Waals surface area (Å²) in [4.78, 5) is 39.7. The van der Waals surface area contributed by atoms with Gasteiger partial charge in [0.15, 0.2) is 6.10 Å². The third-order valence-electron chi connectivity index (χ3n) is 8.05. The summed E-state index contributed by atoms with van der Waals surface area (Å²) in [6, 6.07) is 3.67. The number of amides is 2. The number of aryl methyl sites for hydroxylation is 2. The molecule has 2 N–H and O–H groups in total. The molecule has 0 bridgehead atoms. The van der Waals surface area contributed by atoms with E-state index in [9.17, 15) is 19.5 Å². The highest BCUT2D eigenvalue weighted by Crippen LogP contribution is 2.40. The average molecular weight is 483 g/mol. The van der Waals surface area contributed by atoms with E-state index in [0.29, 0.717) is 42.8 Å². The van der Waals surface area contributed by atoms with Crippen LogP contribution in [0.2, 0.25) is 0 Å². The summed E-state index contributed by atoms with van der Waals surface area (Å²) in [6.45, 7) is 4.49. The molecule has 0 spiro atoms. The van der Waals surface area contributed by atoms with Gasteiger partial charge in [0.05, 0.1) is 17.5 Å². The maximum atomic E-state index is 12.8. The Morgan fingerprint density at radius 2 is 2.03 bits per heavy atom. The summed E-state index contributed by atoms with van der Waals surface area (Å²) in [5.74, 6) is 0.110. The van der Waals surface area contributed by atoms with Crippen molar-refractivity contribution in [1.29, 1.82) is 0 Å². The maximum absolute atomic E-state index is 12.8. The van der Waals surface area contributed by atoms with Gasteiger partial charge in [-0.2, -0.15) is 0 Å². The third kappa shape index (κ3) is 4.56. The van der Waals surface area contributed by atoms with E-state index in [4.69, 9.17) is 9.15 Å². The van der Waals surface area contributed by atoms with Gasteiger partial charge in [-0.25, -0.2) is 4.79 Å². The van der Waals surface area contributed by atoms with Crippen molar-refractivity contribution in [2.24, 2.45) is 5.92 Å². The fourth-order valence-corrected chi connectivity index (χ4v) is 6.06. The van der Waals surface area contributed by atoms with E-state index in [1.807, 2.05) is 19.1 Å². The van der Waals surface area contributed by atoms with Crippen LogP contribution in [0.5, 0.6) is 5.75 Å². The first-order valence-electron chi connectivity index (χ1n) is 12.8. The van der Waals surface area contributed by atoms with E-state index in [1.165, 1.54) is 0 Å². The minimum atomic E-state index is -0.832. The topological polar surface area (TPSA) is 109 Å². The predicted molar refractivity (Wildman–Crippen MR) is 130 cm³/mol. The number of carbonyl (C=O) groups excluding carboxylic acids is 2. The lowest BCUT2D eigenvalue weighted by Crippen LogP contribution is -2.56. The van der Waals surface area contributed by atoms with Crippen LogP contribution in [0.15, 0.2) is 21.3 Å². The van der Waals surface area contributed by atoms with Gasteiger partial charge < -0.3 is 24.5 Å². The molecule has 8 nitrogen and oxygen atoms in total. The minimum Gasteiger partial charge on any atom is -0.480 e. The Labute approximate surface area is 204 Å². The van der Waals surface area contributed by atoms with Crippen LogP contribution in [0.3, 0.4) is 0 Å². The van der Waals surface area contributed by atoms with Gasteiger partial charge in [-0.15, -0.1) is 0 Å². The second-order valence-electron chi connectivity index (χ2n) is 10.5. The number of hydrogen-bond acceptors (Lipinski definition) is 6. The van der Waals surface area contributed by atoms with E-state index in [1.54, 1.807) is 11.8 Å². The molecule has 8 heteroatoms. The monoisotopic (exact) mass is 482 g/mol. The van der Waals surface area contributed by atoms with Gasteiger partial charge in [-0.05, 0) is 75.6 Å². The van der Waals surface area contributed by atoms with E-state index >= 15 is 0 Å². The lowest BCUT2D eigenvalue weighted by atomic mass is 9.71. The lowest BCUT2D eigenvalue weighted by Gasteiger charge is -2.47. The molecule has 1 saturated heterocycles. The van der Waals surface area contributed by atoms with Crippen molar-refractivity contribution in [2.45, 2.75) is 76.9 Å². The van der Waals surface area contributed by atoms with Crippen molar-refractivity contribution in [3.8, 4) is 5.75 Å². The Bertz CT molecular complexity index is 1220. The van der Waals surface area contributed by atoms with Crippen LogP contribution in [0, 0.1) is 12.8 Å². The number of likely N-dealkylation sites (tertiary alicyclic amines) is 1. The van der Waals surface area contributed by atoms with Gasteiger partial charge >= 0.3 is 5.63 Å². The van der Waals surface area contributed by atoms with E-state index < -0.39 is 11.7 Å². The van der Waals surface area contributed by atoms with Crippen LogP contribution >= 0.6 is 0 Å². The van der Waals surface area contributed by atoms with Crippen LogP contribution in [0.4, 0.5) is 0 Å². The predicted octanol–water partition coefficient (Wildman–Crippen LogP) is 2.63. The van der Waals surface area contributed by atoms with E-state index in [0.717, 1.165) is 55.0 Å².